The summed E-state index contributed by atoms with van der Waals surface area (Å²) in [7, 11) is -3.92. The minimum absolute atomic E-state index is 0.0296. The van der Waals surface area contributed by atoms with E-state index in [1.165, 1.54) is 6.92 Å². The molecule has 0 fully saturated rings. The standard InChI is InChI=1S/C7H12O4Si/c1-4-7(10)12(11,5(2)8)6(3)9/h11H,4H2,1-3H3. The van der Waals surface area contributed by atoms with Crippen molar-refractivity contribution in [1.29, 1.82) is 0 Å². The molecule has 0 spiro atoms. The van der Waals surface area contributed by atoms with Gasteiger partial charge in [-0.15, -0.1) is 0 Å². The number of hydrogen-bond donors (Lipinski definition) is 1. The fraction of sp³-hybridized carbons (Fsp3) is 0.571. The average Bonchev–Trinajstić information content (AvgIpc) is 2.00. The zero-order valence-corrected chi connectivity index (χ0v) is 8.38. The van der Waals surface area contributed by atoms with Gasteiger partial charge in [-0.3, -0.25) is 0 Å². The molecule has 0 heterocycles. The van der Waals surface area contributed by atoms with Crippen LogP contribution in [0.5, 0.6) is 0 Å². The summed E-state index contributed by atoms with van der Waals surface area (Å²) >= 11 is 0. The molecule has 68 valence electrons. The Bertz CT molecular complexity index is 220. The van der Waals surface area contributed by atoms with E-state index in [9.17, 15) is 19.2 Å². The Hall–Kier alpha value is -0.813. The summed E-state index contributed by atoms with van der Waals surface area (Å²) in [5.74, 6) is 0. The molecule has 0 aliphatic rings. The van der Waals surface area contributed by atoms with E-state index in [0.29, 0.717) is 0 Å². The molecular formula is C7H12O4Si. The molecule has 5 heteroatoms. The molecule has 0 radical (unpaired) electrons. The molecule has 0 saturated heterocycles. The van der Waals surface area contributed by atoms with Crippen molar-refractivity contribution in [2.75, 3.05) is 0 Å². The first-order chi connectivity index (χ1) is 5.37. The maximum absolute atomic E-state index is 11.1. The zero-order valence-electron chi connectivity index (χ0n) is 7.38. The average molecular weight is 188 g/mol. The van der Waals surface area contributed by atoms with Gasteiger partial charge in [-0.1, -0.05) is 6.92 Å². The van der Waals surface area contributed by atoms with Crippen LogP contribution in [0, 0.1) is 0 Å². The fourth-order valence-electron chi connectivity index (χ4n) is 0.896. The molecule has 12 heavy (non-hydrogen) atoms. The van der Waals surface area contributed by atoms with Crippen molar-refractivity contribution in [2.45, 2.75) is 27.2 Å². The molecule has 0 aromatic heterocycles. The van der Waals surface area contributed by atoms with Crippen molar-refractivity contribution in [3.63, 3.8) is 0 Å². The molecule has 0 unspecified atom stereocenters. The Balaban J connectivity index is 5.01. The Morgan fingerprint density at radius 2 is 1.50 bits per heavy atom. The number of rotatable bonds is 4. The van der Waals surface area contributed by atoms with Crippen LogP contribution in [-0.2, 0) is 14.4 Å². The summed E-state index contributed by atoms with van der Waals surface area (Å²) in [4.78, 5) is 42.4. The lowest BCUT2D eigenvalue weighted by Crippen LogP contribution is -2.58. The quantitative estimate of drug-likeness (QED) is 0.615. The molecular weight excluding hydrogens is 176 g/mol. The Morgan fingerprint density at radius 3 is 1.58 bits per heavy atom. The van der Waals surface area contributed by atoms with Crippen molar-refractivity contribution in [3.05, 3.63) is 0 Å². The first-order valence-corrected chi connectivity index (χ1v) is 5.59. The molecule has 0 aromatic carbocycles. The van der Waals surface area contributed by atoms with Gasteiger partial charge in [0.1, 0.15) is 0 Å². The van der Waals surface area contributed by atoms with Crippen LogP contribution in [0.2, 0.25) is 0 Å². The van der Waals surface area contributed by atoms with Gasteiger partial charge < -0.3 is 19.2 Å². The van der Waals surface area contributed by atoms with Crippen LogP contribution < -0.4 is 0 Å². The van der Waals surface area contributed by atoms with Crippen LogP contribution in [0.3, 0.4) is 0 Å². The summed E-state index contributed by atoms with van der Waals surface area (Å²) in [6.07, 6.45) is 0.0296. The van der Waals surface area contributed by atoms with Gasteiger partial charge in [0.25, 0.3) is 0 Å². The topological polar surface area (TPSA) is 71.4 Å². The second-order valence-corrected chi connectivity index (χ2v) is 5.99. The highest BCUT2D eigenvalue weighted by Gasteiger charge is 2.49. The Kier molecular flexibility index (Phi) is 3.48. The fourth-order valence-corrected chi connectivity index (χ4v) is 2.69. The van der Waals surface area contributed by atoms with Crippen molar-refractivity contribution >= 4 is 24.5 Å². The van der Waals surface area contributed by atoms with Crippen LogP contribution in [-0.4, -0.2) is 29.3 Å². The highest BCUT2D eigenvalue weighted by Crippen LogP contribution is 2.05. The third-order valence-corrected chi connectivity index (χ3v) is 4.94. The van der Waals surface area contributed by atoms with E-state index in [1.807, 2.05) is 0 Å². The zero-order chi connectivity index (χ0) is 9.94. The molecule has 0 aromatic rings. The summed E-state index contributed by atoms with van der Waals surface area (Å²) in [6.45, 7) is 3.69. The lowest BCUT2D eigenvalue weighted by molar-refractivity contribution is -0.120. The van der Waals surface area contributed by atoms with E-state index in [2.05, 4.69) is 0 Å². The summed E-state index contributed by atoms with van der Waals surface area (Å²) in [6, 6.07) is 0. The van der Waals surface area contributed by atoms with Gasteiger partial charge in [-0.2, -0.15) is 0 Å². The molecule has 0 aliphatic carbocycles. The Morgan fingerprint density at radius 1 is 1.17 bits per heavy atom. The Labute approximate surface area is 71.7 Å². The van der Waals surface area contributed by atoms with Crippen LogP contribution in [0.15, 0.2) is 0 Å². The summed E-state index contributed by atoms with van der Waals surface area (Å²) < 4.78 is 0. The predicted octanol–water partition coefficient (Wildman–Crippen LogP) is -0.301. The third-order valence-electron chi connectivity index (χ3n) is 1.74. The molecule has 1 N–H and O–H groups in total. The minimum atomic E-state index is -3.92. The van der Waals surface area contributed by atoms with Crippen molar-refractivity contribution in [1.82, 2.24) is 0 Å². The second-order valence-electron chi connectivity index (χ2n) is 2.60. The van der Waals surface area contributed by atoms with E-state index in [4.69, 9.17) is 0 Å². The van der Waals surface area contributed by atoms with Crippen LogP contribution in [0.4, 0.5) is 0 Å². The van der Waals surface area contributed by atoms with Gasteiger partial charge in [0.15, 0.2) is 16.2 Å². The van der Waals surface area contributed by atoms with Gasteiger partial charge in [0.2, 0.25) is 0 Å². The van der Waals surface area contributed by atoms with Gasteiger partial charge in [-0.25, -0.2) is 0 Å². The second kappa shape index (κ2) is 3.73. The summed E-state index contributed by atoms with van der Waals surface area (Å²) in [5.41, 5.74) is 0. The lowest BCUT2D eigenvalue weighted by atomic mass is 10.6. The van der Waals surface area contributed by atoms with Gasteiger partial charge in [0.05, 0.1) is 0 Å². The van der Waals surface area contributed by atoms with Crippen molar-refractivity contribution < 1.29 is 19.2 Å². The monoisotopic (exact) mass is 188 g/mol. The molecule has 0 bridgehead atoms. The smallest absolute Gasteiger partial charge is 0.398 e. The van der Waals surface area contributed by atoms with Crippen LogP contribution in [0.1, 0.15) is 27.2 Å². The number of hydrogen-bond acceptors (Lipinski definition) is 4. The third kappa shape index (κ3) is 1.67. The maximum Gasteiger partial charge on any atom is 0.398 e. The highest BCUT2D eigenvalue weighted by atomic mass is 28.4. The molecule has 0 atom stereocenters. The van der Waals surface area contributed by atoms with E-state index in [1.54, 1.807) is 0 Å². The van der Waals surface area contributed by atoms with Crippen LogP contribution >= 0.6 is 0 Å². The van der Waals surface area contributed by atoms with E-state index >= 15 is 0 Å². The van der Waals surface area contributed by atoms with Gasteiger partial charge >= 0.3 is 8.32 Å². The van der Waals surface area contributed by atoms with Crippen molar-refractivity contribution in [2.24, 2.45) is 0 Å². The largest absolute Gasteiger partial charge is 0.416 e. The first kappa shape index (κ1) is 11.2. The van der Waals surface area contributed by atoms with E-state index in [0.717, 1.165) is 13.8 Å². The normalized spacial score (nSPS) is 11.0. The molecule has 0 rings (SSSR count). The number of carbonyl (C=O) groups excluding carboxylic acids is 3. The molecule has 0 aliphatic heterocycles. The van der Waals surface area contributed by atoms with Gasteiger partial charge in [-0.05, 0) is 13.8 Å². The van der Waals surface area contributed by atoms with E-state index < -0.39 is 24.5 Å². The summed E-state index contributed by atoms with van der Waals surface area (Å²) in [5, 5.41) is -1.97. The maximum atomic E-state index is 11.1. The predicted molar refractivity (Wildman–Crippen MR) is 44.6 cm³/mol. The van der Waals surface area contributed by atoms with Crippen LogP contribution in [0.25, 0.3) is 0 Å². The highest BCUT2D eigenvalue weighted by molar-refractivity contribution is 7.36. The lowest BCUT2D eigenvalue weighted by Gasteiger charge is -2.15. The van der Waals surface area contributed by atoms with Crippen molar-refractivity contribution in [3.8, 4) is 0 Å². The first-order valence-electron chi connectivity index (χ1n) is 3.65. The van der Waals surface area contributed by atoms with E-state index in [-0.39, 0.29) is 6.42 Å². The molecule has 0 amide bonds. The molecule has 4 nitrogen and oxygen atoms in total. The SMILES string of the molecule is CCC(=O)[Si](O)(C(C)=O)C(C)=O. The molecule has 0 saturated carbocycles. The minimum Gasteiger partial charge on any atom is -0.416 e. The number of carbonyl (C=O) groups is 3. The van der Waals surface area contributed by atoms with Gasteiger partial charge in [0, 0.05) is 6.42 Å².